The van der Waals surface area contributed by atoms with Crippen LogP contribution in [0.15, 0.2) is 42.5 Å². The maximum atomic E-state index is 3.65. The van der Waals surface area contributed by atoms with Crippen LogP contribution in [-0.2, 0) is 6.42 Å². The van der Waals surface area contributed by atoms with Gasteiger partial charge in [0.2, 0.25) is 0 Å². The van der Waals surface area contributed by atoms with Crippen molar-refractivity contribution in [2.24, 2.45) is 0 Å². The lowest BCUT2D eigenvalue weighted by Gasteiger charge is -2.00. The van der Waals surface area contributed by atoms with Gasteiger partial charge in [-0.1, -0.05) is 39.0 Å². The van der Waals surface area contributed by atoms with E-state index in [2.05, 4.69) is 93.6 Å². The van der Waals surface area contributed by atoms with E-state index in [-0.39, 0.29) is 0 Å². The van der Waals surface area contributed by atoms with Crippen molar-refractivity contribution in [3.05, 3.63) is 92.2 Å². The highest BCUT2D eigenvalue weighted by Gasteiger charge is 2.03. The zero-order valence-electron chi connectivity index (χ0n) is 18.8. The molecule has 0 unspecified atom stereocenters. The van der Waals surface area contributed by atoms with Crippen LogP contribution in [0.5, 0.6) is 0 Å². The lowest BCUT2D eigenvalue weighted by Crippen LogP contribution is -2.12. The van der Waals surface area contributed by atoms with E-state index in [1.807, 2.05) is 0 Å². The fraction of sp³-hybridized carbons (Fsp3) is 0.286. The van der Waals surface area contributed by atoms with Crippen molar-refractivity contribution in [1.82, 2.24) is 19.9 Å². The van der Waals surface area contributed by atoms with Crippen molar-refractivity contribution in [3.63, 3.8) is 0 Å². The zero-order chi connectivity index (χ0) is 21.8. The summed E-state index contributed by atoms with van der Waals surface area (Å²) in [6.45, 7) is 2.27. The van der Waals surface area contributed by atoms with Crippen LogP contribution in [0, 0.1) is 0 Å². The molecule has 4 heteroatoms. The summed E-state index contributed by atoms with van der Waals surface area (Å²) in [5, 5.41) is 4.50. The Hall–Kier alpha value is -3.40. The van der Waals surface area contributed by atoms with Gasteiger partial charge in [-0.15, -0.1) is 0 Å². The molecule has 5 heterocycles. The summed E-state index contributed by atoms with van der Waals surface area (Å²) in [6.07, 6.45) is 17.7. The molecule has 4 nitrogen and oxygen atoms in total. The molecule has 5 rings (SSSR count). The maximum Gasteiger partial charge on any atom is 0.0438 e. The normalized spacial score (nSPS) is 12.5. The Bertz CT molecular complexity index is 1420. The van der Waals surface area contributed by atoms with Gasteiger partial charge in [0.1, 0.15) is 0 Å². The SMILES string of the molecule is CCCCCCCCc1cc2[nH]c1=Cc1ccc([nH]1)C=c1ccc([nH]1)=Cc1ccc([nH]1)C=2. The summed E-state index contributed by atoms with van der Waals surface area (Å²) in [7, 11) is 0. The Morgan fingerprint density at radius 1 is 0.531 bits per heavy atom. The highest BCUT2D eigenvalue weighted by Crippen LogP contribution is 2.09. The number of aromatic amines is 4. The Morgan fingerprint density at radius 2 is 1.09 bits per heavy atom. The first kappa shape index (κ1) is 20.5. The predicted octanol–water partition coefficient (Wildman–Crippen LogP) is 3.53. The topological polar surface area (TPSA) is 63.2 Å². The summed E-state index contributed by atoms with van der Waals surface area (Å²) in [5.41, 5.74) is 5.78. The molecule has 1 aliphatic heterocycles. The molecule has 0 radical (unpaired) electrons. The van der Waals surface area contributed by atoms with E-state index in [0.29, 0.717) is 0 Å². The van der Waals surface area contributed by atoms with Gasteiger partial charge in [0.05, 0.1) is 0 Å². The summed E-state index contributed by atoms with van der Waals surface area (Å²) < 4.78 is 0. The van der Waals surface area contributed by atoms with Crippen molar-refractivity contribution in [3.8, 4) is 0 Å². The van der Waals surface area contributed by atoms with Gasteiger partial charge < -0.3 is 19.9 Å². The minimum atomic E-state index is 1.08. The third-order valence-corrected chi connectivity index (χ3v) is 6.18. The molecule has 32 heavy (non-hydrogen) atoms. The molecule has 0 spiro atoms. The van der Waals surface area contributed by atoms with E-state index in [4.69, 9.17) is 0 Å². The average Bonchev–Trinajstić information content (AvgIpc) is 3.56. The van der Waals surface area contributed by atoms with Crippen LogP contribution < -0.4 is 21.4 Å². The van der Waals surface area contributed by atoms with Crippen LogP contribution in [0.4, 0.5) is 0 Å². The Balaban J connectivity index is 1.53. The Labute approximate surface area is 188 Å². The molecule has 164 valence electrons. The third kappa shape index (κ3) is 4.91. The molecule has 8 bridgehead atoms. The van der Waals surface area contributed by atoms with E-state index in [1.54, 1.807) is 0 Å². The van der Waals surface area contributed by atoms with Crippen LogP contribution in [0.1, 0.15) is 73.8 Å². The minimum Gasteiger partial charge on any atom is -0.355 e. The molecular weight excluding hydrogens is 392 g/mol. The molecule has 0 aliphatic carbocycles. The van der Waals surface area contributed by atoms with Crippen molar-refractivity contribution >= 4 is 24.3 Å². The largest absolute Gasteiger partial charge is 0.355 e. The van der Waals surface area contributed by atoms with E-state index in [9.17, 15) is 0 Å². The molecule has 0 fully saturated rings. The highest BCUT2D eigenvalue weighted by atomic mass is 14.8. The average molecular weight is 425 g/mol. The second-order valence-corrected chi connectivity index (χ2v) is 8.87. The number of nitrogens with one attached hydrogen (secondary N) is 4. The van der Waals surface area contributed by atoms with Crippen LogP contribution in [-0.4, -0.2) is 19.9 Å². The lowest BCUT2D eigenvalue weighted by atomic mass is 10.1. The number of hydrogen-bond acceptors (Lipinski definition) is 0. The van der Waals surface area contributed by atoms with E-state index in [0.717, 1.165) is 45.2 Å². The number of hydrogen-bond donors (Lipinski definition) is 4. The molecule has 4 aromatic heterocycles. The smallest absolute Gasteiger partial charge is 0.0438 e. The first-order valence-electron chi connectivity index (χ1n) is 11.9. The second-order valence-electron chi connectivity index (χ2n) is 8.87. The summed E-state index contributed by atoms with van der Waals surface area (Å²) in [6, 6.07) is 15.1. The lowest BCUT2D eigenvalue weighted by molar-refractivity contribution is 0.607. The quantitative estimate of drug-likeness (QED) is 0.289. The van der Waals surface area contributed by atoms with E-state index in [1.165, 1.54) is 49.4 Å². The molecular formula is C28H32N4. The first-order chi connectivity index (χ1) is 15.7. The van der Waals surface area contributed by atoms with E-state index >= 15 is 0 Å². The maximum absolute atomic E-state index is 3.65. The molecule has 0 amide bonds. The second kappa shape index (κ2) is 9.39. The predicted molar refractivity (Wildman–Crippen MR) is 133 cm³/mol. The van der Waals surface area contributed by atoms with E-state index < -0.39 is 0 Å². The standard InChI is InChI=1S/C28H32N4/c1-2-3-4-5-6-7-8-20-15-27-18-25-12-11-23(30-25)16-21-9-10-22(29-21)17-24-13-14-26(31-24)19-28(20)32-27/h9-19,29-32H,2-8H2,1H3. The van der Waals surface area contributed by atoms with Crippen molar-refractivity contribution in [2.75, 3.05) is 0 Å². The summed E-state index contributed by atoms with van der Waals surface area (Å²) >= 11 is 0. The number of aryl methyl sites for hydroxylation is 1. The van der Waals surface area contributed by atoms with Crippen molar-refractivity contribution < 1.29 is 0 Å². The van der Waals surface area contributed by atoms with Gasteiger partial charge in [-0.3, -0.25) is 0 Å². The van der Waals surface area contributed by atoms with Crippen LogP contribution >= 0.6 is 0 Å². The molecule has 0 atom stereocenters. The molecule has 1 aliphatic rings. The Morgan fingerprint density at radius 3 is 1.75 bits per heavy atom. The molecule has 4 aromatic rings. The van der Waals surface area contributed by atoms with Crippen molar-refractivity contribution in [1.29, 1.82) is 0 Å². The number of unbranched alkanes of at least 4 members (excludes halogenated alkanes) is 5. The van der Waals surface area contributed by atoms with Crippen LogP contribution in [0.2, 0.25) is 0 Å². The molecule has 0 aromatic carbocycles. The monoisotopic (exact) mass is 424 g/mol. The van der Waals surface area contributed by atoms with Gasteiger partial charge in [-0.25, -0.2) is 0 Å². The van der Waals surface area contributed by atoms with Gasteiger partial charge in [-0.05, 0) is 85.2 Å². The van der Waals surface area contributed by atoms with Crippen LogP contribution in [0.3, 0.4) is 0 Å². The zero-order valence-corrected chi connectivity index (χ0v) is 18.8. The van der Waals surface area contributed by atoms with Gasteiger partial charge in [0, 0.05) is 44.2 Å². The van der Waals surface area contributed by atoms with Gasteiger partial charge >= 0.3 is 0 Å². The molecule has 4 N–H and O–H groups in total. The Kier molecular flexibility index (Phi) is 6.02. The number of fused-ring (bicyclic) bond motifs is 8. The molecule has 0 saturated carbocycles. The molecule has 0 saturated heterocycles. The number of rotatable bonds is 7. The van der Waals surface area contributed by atoms with Crippen molar-refractivity contribution in [2.45, 2.75) is 51.9 Å². The van der Waals surface area contributed by atoms with Crippen LogP contribution in [0.25, 0.3) is 24.3 Å². The fourth-order valence-corrected chi connectivity index (χ4v) is 4.50. The van der Waals surface area contributed by atoms with Gasteiger partial charge in [-0.2, -0.15) is 0 Å². The summed E-state index contributed by atoms with van der Waals surface area (Å²) in [5.74, 6) is 0. The third-order valence-electron chi connectivity index (χ3n) is 6.18. The van der Waals surface area contributed by atoms with Gasteiger partial charge in [0.15, 0.2) is 0 Å². The summed E-state index contributed by atoms with van der Waals surface area (Å²) in [4.78, 5) is 14.2. The number of aromatic nitrogens is 4. The first-order valence-corrected chi connectivity index (χ1v) is 11.9. The minimum absolute atomic E-state index is 1.08. The fourth-order valence-electron chi connectivity index (χ4n) is 4.50. The highest BCUT2D eigenvalue weighted by molar-refractivity contribution is 5.55. The van der Waals surface area contributed by atoms with Gasteiger partial charge in [0.25, 0.3) is 0 Å². The number of H-pyrrole nitrogens is 4.